The molecule has 0 radical (unpaired) electrons. The number of aromatic nitrogens is 4. The molecule has 1 saturated carbocycles. The number of nitrogens with one attached hydrogen (secondary N) is 1. The standard InChI is InChI=1S/C24H24FN7O6/c1-31(24(36)37-14-8-4-12(25)5-9-14)10-2-3-15-29-20(26)16-21(30-15)32(11-27-16)23-18(34)17(33)19(38-23)22(35)28-13-6-7-13/h4-5,8-9,11,13,17-19,23,33-34H,6-7,10H2,1H3,(H,28,35)(H2,26,29,30). The van der Waals surface area contributed by atoms with Gasteiger partial charge in [0.1, 0.15) is 29.3 Å². The molecule has 4 atom stereocenters. The first-order valence-electron chi connectivity index (χ1n) is 11.7. The van der Waals surface area contributed by atoms with Crippen molar-refractivity contribution in [2.45, 2.75) is 43.4 Å². The van der Waals surface area contributed by atoms with Gasteiger partial charge in [-0.1, -0.05) is 5.92 Å². The topological polar surface area (TPSA) is 178 Å². The lowest BCUT2D eigenvalue weighted by molar-refractivity contribution is -0.137. The number of hydrogen-bond donors (Lipinski definition) is 4. The number of ether oxygens (including phenoxy) is 2. The molecule has 2 aliphatic rings. The van der Waals surface area contributed by atoms with Crippen molar-refractivity contribution < 1.29 is 33.7 Å². The number of hydrogen-bond acceptors (Lipinski definition) is 10. The maximum Gasteiger partial charge on any atom is 0.415 e. The summed E-state index contributed by atoms with van der Waals surface area (Å²) in [5.74, 6) is 4.69. The van der Waals surface area contributed by atoms with E-state index in [9.17, 15) is 24.2 Å². The van der Waals surface area contributed by atoms with Crippen LogP contribution in [-0.4, -0.2) is 84.6 Å². The van der Waals surface area contributed by atoms with E-state index in [-0.39, 0.29) is 41.1 Å². The fourth-order valence-electron chi connectivity index (χ4n) is 3.78. The van der Waals surface area contributed by atoms with Crippen LogP contribution >= 0.6 is 0 Å². The number of aliphatic hydroxyl groups excluding tert-OH is 2. The molecule has 3 heterocycles. The Morgan fingerprint density at radius 3 is 2.71 bits per heavy atom. The van der Waals surface area contributed by atoms with E-state index in [0.717, 1.165) is 12.8 Å². The minimum atomic E-state index is -1.46. The number of nitrogens with two attached hydrogens (primary N) is 1. The lowest BCUT2D eigenvalue weighted by Crippen LogP contribution is -2.43. The van der Waals surface area contributed by atoms with E-state index in [1.807, 2.05) is 0 Å². The molecule has 2 amide bonds. The Balaban J connectivity index is 1.30. The molecule has 2 aromatic heterocycles. The number of rotatable bonds is 5. The number of imidazole rings is 1. The Labute approximate surface area is 215 Å². The molecule has 1 aliphatic heterocycles. The van der Waals surface area contributed by atoms with Crippen LogP contribution in [-0.2, 0) is 9.53 Å². The van der Waals surface area contributed by atoms with Crippen LogP contribution in [0.2, 0.25) is 0 Å². The number of amides is 2. The first kappa shape index (κ1) is 25.3. The highest BCUT2D eigenvalue weighted by molar-refractivity contribution is 5.83. The van der Waals surface area contributed by atoms with Crippen LogP contribution in [0.5, 0.6) is 5.75 Å². The summed E-state index contributed by atoms with van der Waals surface area (Å²) in [5.41, 5.74) is 6.41. The van der Waals surface area contributed by atoms with E-state index >= 15 is 0 Å². The fourth-order valence-corrected chi connectivity index (χ4v) is 3.78. The highest BCUT2D eigenvalue weighted by Crippen LogP contribution is 2.33. The van der Waals surface area contributed by atoms with Crippen LogP contribution in [0, 0.1) is 17.7 Å². The number of carbonyl (C=O) groups is 2. The Morgan fingerprint density at radius 2 is 2.00 bits per heavy atom. The number of halogens is 1. The van der Waals surface area contributed by atoms with Crippen LogP contribution in [0.3, 0.4) is 0 Å². The first-order chi connectivity index (χ1) is 18.2. The van der Waals surface area contributed by atoms with Gasteiger partial charge in [0.25, 0.3) is 5.91 Å². The van der Waals surface area contributed by atoms with Crippen molar-refractivity contribution in [3.63, 3.8) is 0 Å². The second kappa shape index (κ2) is 10.2. The number of fused-ring (bicyclic) bond motifs is 1. The summed E-state index contributed by atoms with van der Waals surface area (Å²) in [7, 11) is 1.47. The van der Waals surface area contributed by atoms with Crippen molar-refractivity contribution in [2.75, 3.05) is 19.3 Å². The lowest BCUT2D eigenvalue weighted by Gasteiger charge is -2.16. The zero-order valence-electron chi connectivity index (χ0n) is 20.1. The molecular weight excluding hydrogens is 501 g/mol. The van der Waals surface area contributed by atoms with Gasteiger partial charge in [0.05, 0.1) is 12.9 Å². The maximum atomic E-state index is 13.0. The maximum absolute atomic E-state index is 13.0. The van der Waals surface area contributed by atoms with Gasteiger partial charge < -0.3 is 30.7 Å². The van der Waals surface area contributed by atoms with Gasteiger partial charge in [-0.3, -0.25) is 14.3 Å². The molecule has 1 aliphatic carbocycles. The second-order valence-corrected chi connectivity index (χ2v) is 8.95. The summed E-state index contributed by atoms with van der Waals surface area (Å²) in [5, 5.41) is 23.8. The molecule has 14 heteroatoms. The number of benzene rings is 1. The summed E-state index contributed by atoms with van der Waals surface area (Å²) >= 11 is 0. The van der Waals surface area contributed by atoms with Gasteiger partial charge in [0.2, 0.25) is 5.82 Å². The van der Waals surface area contributed by atoms with Crippen molar-refractivity contribution in [1.29, 1.82) is 0 Å². The highest BCUT2D eigenvalue weighted by atomic mass is 19.1. The minimum Gasteiger partial charge on any atom is -0.410 e. The highest BCUT2D eigenvalue weighted by Gasteiger charge is 2.48. The van der Waals surface area contributed by atoms with Gasteiger partial charge in [0.15, 0.2) is 23.8 Å². The van der Waals surface area contributed by atoms with Crippen molar-refractivity contribution in [3.05, 3.63) is 42.2 Å². The zero-order valence-corrected chi connectivity index (χ0v) is 20.1. The largest absolute Gasteiger partial charge is 0.415 e. The predicted octanol–water partition coefficient (Wildman–Crippen LogP) is -0.0723. The van der Waals surface area contributed by atoms with Gasteiger partial charge in [0, 0.05) is 13.1 Å². The van der Waals surface area contributed by atoms with E-state index < -0.39 is 42.4 Å². The third-order valence-electron chi connectivity index (χ3n) is 5.99. The average molecular weight is 525 g/mol. The molecule has 1 saturated heterocycles. The summed E-state index contributed by atoms with van der Waals surface area (Å²) < 4.78 is 25.2. The lowest BCUT2D eigenvalue weighted by atomic mass is 10.1. The van der Waals surface area contributed by atoms with Crippen LogP contribution in [0.1, 0.15) is 24.9 Å². The molecule has 5 rings (SSSR count). The number of carbonyl (C=O) groups excluding carboxylic acids is 2. The van der Waals surface area contributed by atoms with E-state index in [1.54, 1.807) is 0 Å². The second-order valence-electron chi connectivity index (χ2n) is 8.95. The van der Waals surface area contributed by atoms with Crippen LogP contribution < -0.4 is 15.8 Å². The van der Waals surface area contributed by atoms with Gasteiger partial charge in [-0.05, 0) is 43.0 Å². The van der Waals surface area contributed by atoms with Gasteiger partial charge in [-0.25, -0.2) is 24.1 Å². The molecule has 38 heavy (non-hydrogen) atoms. The van der Waals surface area contributed by atoms with Crippen molar-refractivity contribution in [2.24, 2.45) is 0 Å². The van der Waals surface area contributed by atoms with Gasteiger partial charge >= 0.3 is 6.09 Å². The third kappa shape index (κ3) is 5.21. The van der Waals surface area contributed by atoms with E-state index in [0.29, 0.717) is 0 Å². The van der Waals surface area contributed by atoms with Crippen LogP contribution in [0.15, 0.2) is 30.6 Å². The molecule has 3 aromatic rings. The number of nitrogens with zero attached hydrogens (tertiary/aromatic N) is 5. The molecule has 1 aromatic carbocycles. The molecule has 13 nitrogen and oxygen atoms in total. The SMILES string of the molecule is CN(CC#Cc1nc(N)c2ncn(C3OC(C(=O)NC4CC4)C(O)C3O)c2n1)C(=O)Oc1ccc(F)cc1. The Morgan fingerprint density at radius 1 is 1.26 bits per heavy atom. The van der Waals surface area contributed by atoms with E-state index in [1.165, 1.54) is 47.1 Å². The number of aliphatic hydroxyl groups is 2. The average Bonchev–Trinajstić information content (AvgIpc) is 3.52. The molecule has 4 unspecified atom stereocenters. The smallest absolute Gasteiger partial charge is 0.410 e. The van der Waals surface area contributed by atoms with Crippen molar-refractivity contribution in [3.8, 4) is 17.6 Å². The van der Waals surface area contributed by atoms with Crippen molar-refractivity contribution >= 4 is 29.0 Å². The van der Waals surface area contributed by atoms with Crippen LogP contribution in [0.4, 0.5) is 15.0 Å². The fraction of sp³-hybridized carbons (Fsp3) is 0.375. The minimum absolute atomic E-state index is 0.00751. The third-order valence-corrected chi connectivity index (χ3v) is 5.99. The summed E-state index contributed by atoms with van der Waals surface area (Å²) in [6, 6.07) is 5.05. The number of anilines is 1. The van der Waals surface area contributed by atoms with Gasteiger partial charge in [-0.2, -0.15) is 0 Å². The van der Waals surface area contributed by atoms with E-state index in [4.69, 9.17) is 15.2 Å². The Hall–Kier alpha value is -4.32. The quantitative estimate of drug-likeness (QED) is 0.330. The summed E-state index contributed by atoms with van der Waals surface area (Å²) in [6.07, 6.45) is -2.99. The molecular formula is C24H24FN7O6. The summed E-state index contributed by atoms with van der Waals surface area (Å²) in [4.78, 5) is 38.4. The number of nitrogen functional groups attached to an aromatic ring is 1. The summed E-state index contributed by atoms with van der Waals surface area (Å²) in [6.45, 7) is -0.0466. The van der Waals surface area contributed by atoms with Gasteiger partial charge in [-0.15, -0.1) is 0 Å². The molecule has 198 valence electrons. The molecule has 0 bridgehead atoms. The normalized spacial score (nSPS) is 22.5. The van der Waals surface area contributed by atoms with E-state index in [2.05, 4.69) is 32.1 Å². The van der Waals surface area contributed by atoms with Crippen LogP contribution in [0.25, 0.3) is 11.2 Å². The Kier molecular flexibility index (Phi) is 6.81. The first-order valence-corrected chi connectivity index (χ1v) is 11.7. The zero-order chi connectivity index (χ0) is 27.0. The predicted molar refractivity (Wildman–Crippen MR) is 129 cm³/mol. The Bertz CT molecular complexity index is 1430. The monoisotopic (exact) mass is 525 g/mol. The molecule has 5 N–H and O–H groups in total. The molecule has 0 spiro atoms. The molecule has 2 fully saturated rings. The van der Waals surface area contributed by atoms with Crippen molar-refractivity contribution in [1.82, 2.24) is 29.7 Å².